The molecule has 0 spiro atoms. The van der Waals surface area contributed by atoms with Gasteiger partial charge in [-0.1, -0.05) is 29.3 Å². The van der Waals surface area contributed by atoms with E-state index in [1.807, 2.05) is 6.07 Å². The molecule has 0 heterocycles. The highest BCUT2D eigenvalue weighted by atomic mass is 35.5. The summed E-state index contributed by atoms with van der Waals surface area (Å²) < 4.78 is 0. The molecule has 0 aliphatic carbocycles. The lowest BCUT2D eigenvalue weighted by molar-refractivity contribution is 1.39. The number of nitrogens with two attached hydrogens (primary N) is 1. The van der Waals surface area contributed by atoms with Crippen molar-refractivity contribution < 1.29 is 0 Å². The summed E-state index contributed by atoms with van der Waals surface area (Å²) >= 11 is 11.6. The summed E-state index contributed by atoms with van der Waals surface area (Å²) in [6.45, 7) is 1.65. The zero-order valence-corrected chi connectivity index (χ0v) is 9.02. The SMILES string of the molecule is C/C(C#N)=C(/N)c1ccc(Cl)c(Cl)c1. The quantitative estimate of drug-likeness (QED) is 0.749. The van der Waals surface area contributed by atoms with Crippen LogP contribution < -0.4 is 5.73 Å². The van der Waals surface area contributed by atoms with Crippen molar-refractivity contribution in [1.82, 2.24) is 0 Å². The molecule has 0 saturated carbocycles. The van der Waals surface area contributed by atoms with Crippen LogP contribution in [-0.4, -0.2) is 0 Å². The van der Waals surface area contributed by atoms with Crippen molar-refractivity contribution >= 4 is 28.9 Å². The highest BCUT2D eigenvalue weighted by molar-refractivity contribution is 6.42. The molecule has 0 saturated heterocycles. The molecule has 2 N–H and O–H groups in total. The van der Waals surface area contributed by atoms with E-state index >= 15 is 0 Å². The average molecular weight is 227 g/mol. The zero-order chi connectivity index (χ0) is 10.7. The molecule has 1 rings (SSSR count). The van der Waals surface area contributed by atoms with Crippen molar-refractivity contribution in [1.29, 1.82) is 5.26 Å². The zero-order valence-electron chi connectivity index (χ0n) is 7.51. The molecule has 4 heteroatoms. The summed E-state index contributed by atoms with van der Waals surface area (Å²) in [6, 6.07) is 6.99. The fourth-order valence-corrected chi connectivity index (χ4v) is 1.24. The second-order valence-corrected chi connectivity index (χ2v) is 3.59. The molecule has 0 atom stereocenters. The molecule has 0 aliphatic heterocycles. The van der Waals surface area contributed by atoms with Crippen molar-refractivity contribution in [3.63, 3.8) is 0 Å². The summed E-state index contributed by atoms with van der Waals surface area (Å²) in [5, 5.41) is 9.54. The van der Waals surface area contributed by atoms with Crippen LogP contribution in [0.2, 0.25) is 10.0 Å². The maximum atomic E-state index is 8.64. The van der Waals surface area contributed by atoms with E-state index in [1.165, 1.54) is 0 Å². The number of nitriles is 1. The number of hydrogen-bond donors (Lipinski definition) is 1. The van der Waals surface area contributed by atoms with Crippen molar-refractivity contribution in [3.05, 3.63) is 39.4 Å². The van der Waals surface area contributed by atoms with Crippen LogP contribution in [0.3, 0.4) is 0 Å². The van der Waals surface area contributed by atoms with E-state index in [4.69, 9.17) is 34.2 Å². The fourth-order valence-electron chi connectivity index (χ4n) is 0.940. The summed E-state index contributed by atoms with van der Waals surface area (Å²) in [4.78, 5) is 0. The lowest BCUT2D eigenvalue weighted by Crippen LogP contribution is -1.98. The van der Waals surface area contributed by atoms with Gasteiger partial charge in [0.2, 0.25) is 0 Å². The molecule has 2 nitrogen and oxygen atoms in total. The second kappa shape index (κ2) is 4.36. The van der Waals surface area contributed by atoms with Gasteiger partial charge in [-0.3, -0.25) is 0 Å². The highest BCUT2D eigenvalue weighted by Crippen LogP contribution is 2.25. The first-order valence-electron chi connectivity index (χ1n) is 3.88. The Morgan fingerprint density at radius 3 is 2.50 bits per heavy atom. The number of rotatable bonds is 1. The average Bonchev–Trinajstić information content (AvgIpc) is 2.20. The minimum absolute atomic E-state index is 0.422. The van der Waals surface area contributed by atoms with Crippen molar-refractivity contribution in [3.8, 4) is 6.07 Å². The molecule has 0 aliphatic rings. The molecule has 0 fully saturated rings. The van der Waals surface area contributed by atoms with E-state index in [0.29, 0.717) is 26.9 Å². The van der Waals surface area contributed by atoms with Gasteiger partial charge in [0, 0.05) is 5.57 Å². The van der Waals surface area contributed by atoms with E-state index in [2.05, 4.69) is 0 Å². The van der Waals surface area contributed by atoms with Gasteiger partial charge in [0.05, 0.1) is 21.8 Å². The van der Waals surface area contributed by atoms with E-state index < -0.39 is 0 Å². The first-order chi connectivity index (χ1) is 6.56. The van der Waals surface area contributed by atoms with Gasteiger partial charge in [-0.15, -0.1) is 0 Å². The summed E-state index contributed by atoms with van der Waals surface area (Å²) in [5.74, 6) is 0. The molecule has 72 valence electrons. The van der Waals surface area contributed by atoms with Gasteiger partial charge in [0.1, 0.15) is 0 Å². The Bertz CT molecular complexity index is 430. The Kier molecular flexibility index (Phi) is 3.40. The maximum absolute atomic E-state index is 8.64. The summed E-state index contributed by atoms with van der Waals surface area (Å²) in [5.41, 5.74) is 7.31. The van der Waals surface area contributed by atoms with Gasteiger partial charge in [-0.05, 0) is 24.6 Å². The largest absolute Gasteiger partial charge is 0.397 e. The van der Waals surface area contributed by atoms with Crippen LogP contribution in [0.25, 0.3) is 5.70 Å². The van der Waals surface area contributed by atoms with Crippen LogP contribution in [0.5, 0.6) is 0 Å². The first-order valence-corrected chi connectivity index (χ1v) is 4.63. The molecule has 1 aromatic rings. The maximum Gasteiger partial charge on any atom is 0.0965 e. The molecule has 0 aromatic heterocycles. The molecule has 0 unspecified atom stereocenters. The second-order valence-electron chi connectivity index (χ2n) is 2.78. The number of benzene rings is 1. The van der Waals surface area contributed by atoms with E-state index in [0.717, 1.165) is 0 Å². The first kappa shape index (κ1) is 10.9. The number of allylic oxidation sites excluding steroid dienone is 1. The summed E-state index contributed by atoms with van der Waals surface area (Å²) in [7, 11) is 0. The number of nitrogens with zero attached hydrogens (tertiary/aromatic N) is 1. The van der Waals surface area contributed by atoms with Gasteiger partial charge >= 0.3 is 0 Å². The van der Waals surface area contributed by atoms with Crippen LogP contribution in [0, 0.1) is 11.3 Å². The van der Waals surface area contributed by atoms with Crippen molar-refractivity contribution in [2.45, 2.75) is 6.92 Å². The van der Waals surface area contributed by atoms with E-state index in [-0.39, 0.29) is 0 Å². The molecule has 0 radical (unpaired) electrons. The van der Waals surface area contributed by atoms with Crippen LogP contribution in [-0.2, 0) is 0 Å². The third-order valence-electron chi connectivity index (χ3n) is 1.80. The van der Waals surface area contributed by atoms with Gasteiger partial charge in [-0.25, -0.2) is 0 Å². The predicted octanol–water partition coefficient (Wildman–Crippen LogP) is 3.21. The molecule has 14 heavy (non-hydrogen) atoms. The van der Waals surface area contributed by atoms with Gasteiger partial charge in [0.15, 0.2) is 0 Å². The number of hydrogen-bond acceptors (Lipinski definition) is 2. The Labute approximate surface area is 92.5 Å². The Balaban J connectivity index is 3.24. The van der Waals surface area contributed by atoms with Crippen LogP contribution in [0.15, 0.2) is 23.8 Å². The van der Waals surface area contributed by atoms with Crippen molar-refractivity contribution in [2.24, 2.45) is 5.73 Å². The minimum atomic E-state index is 0.422. The molecular formula is C10H8Cl2N2. The third-order valence-corrected chi connectivity index (χ3v) is 2.54. The summed E-state index contributed by atoms with van der Waals surface area (Å²) in [6.07, 6.45) is 0. The van der Waals surface area contributed by atoms with Crippen LogP contribution >= 0.6 is 23.2 Å². The predicted molar refractivity (Wildman–Crippen MR) is 58.9 cm³/mol. The standard InChI is InChI=1S/C10H8Cl2N2/c1-6(5-13)10(14)7-2-3-8(11)9(12)4-7/h2-4H,14H2,1H3/b10-6-. The Morgan fingerprint density at radius 2 is 2.00 bits per heavy atom. The Hall–Kier alpha value is -1.17. The smallest absolute Gasteiger partial charge is 0.0965 e. The van der Waals surface area contributed by atoms with E-state index in [9.17, 15) is 0 Å². The van der Waals surface area contributed by atoms with Crippen LogP contribution in [0.1, 0.15) is 12.5 Å². The van der Waals surface area contributed by atoms with E-state index in [1.54, 1.807) is 25.1 Å². The monoisotopic (exact) mass is 226 g/mol. The molecule has 0 amide bonds. The van der Waals surface area contributed by atoms with Crippen LogP contribution in [0.4, 0.5) is 0 Å². The number of halogens is 2. The van der Waals surface area contributed by atoms with Gasteiger partial charge in [-0.2, -0.15) is 5.26 Å². The third kappa shape index (κ3) is 2.20. The van der Waals surface area contributed by atoms with Crippen molar-refractivity contribution in [2.75, 3.05) is 0 Å². The molecule has 0 bridgehead atoms. The topological polar surface area (TPSA) is 49.8 Å². The molecule has 1 aromatic carbocycles. The molecular weight excluding hydrogens is 219 g/mol. The lowest BCUT2D eigenvalue weighted by Gasteiger charge is -2.04. The lowest BCUT2D eigenvalue weighted by atomic mass is 10.1. The normalized spacial score (nSPS) is 11.9. The Morgan fingerprint density at radius 1 is 1.36 bits per heavy atom. The van der Waals surface area contributed by atoms with Gasteiger partial charge < -0.3 is 5.73 Å². The minimum Gasteiger partial charge on any atom is -0.397 e. The highest BCUT2D eigenvalue weighted by Gasteiger charge is 2.04. The van der Waals surface area contributed by atoms with Gasteiger partial charge in [0.25, 0.3) is 0 Å². The fraction of sp³-hybridized carbons (Fsp3) is 0.100.